The van der Waals surface area contributed by atoms with Crippen LogP contribution in [0.25, 0.3) is 42.3 Å². The fourth-order valence-corrected chi connectivity index (χ4v) is 7.37. The molecule has 7 rings (SSSR count). The zero-order chi connectivity index (χ0) is 25.5. The third-order valence-corrected chi connectivity index (χ3v) is 9.26. The lowest BCUT2D eigenvalue weighted by molar-refractivity contribution is 0.121. The molecule has 0 amide bonds. The van der Waals surface area contributed by atoms with Crippen molar-refractivity contribution >= 4 is 48.4 Å². The number of nitrogens with zero attached hydrogens (tertiary/aromatic N) is 2. The fraction of sp³-hybridized carbons (Fsp3) is 0.344. The van der Waals surface area contributed by atoms with Crippen LogP contribution in [0.15, 0.2) is 69.9 Å². The SMILES string of the molecule is O=c1cc(N2CCOCC2)oc2c(-c3ccc(CN4CCCCCC4)c4c3sc3ccccc34)cccc12. The van der Waals surface area contributed by atoms with Gasteiger partial charge in [-0.3, -0.25) is 9.69 Å². The molecule has 3 aromatic carbocycles. The first-order valence-electron chi connectivity index (χ1n) is 13.8. The zero-order valence-corrected chi connectivity index (χ0v) is 22.4. The van der Waals surface area contributed by atoms with E-state index in [-0.39, 0.29) is 5.43 Å². The Balaban J connectivity index is 1.41. The maximum atomic E-state index is 13.2. The highest BCUT2D eigenvalue weighted by Crippen LogP contribution is 2.43. The van der Waals surface area contributed by atoms with Crippen molar-refractivity contribution in [2.24, 2.45) is 0 Å². The lowest BCUT2D eigenvalue weighted by atomic mass is 9.97. The molecule has 6 heteroatoms. The number of benzene rings is 3. The van der Waals surface area contributed by atoms with Crippen LogP contribution in [-0.2, 0) is 11.3 Å². The molecule has 0 saturated carbocycles. The maximum Gasteiger partial charge on any atom is 0.200 e. The summed E-state index contributed by atoms with van der Waals surface area (Å²) < 4.78 is 14.6. The largest absolute Gasteiger partial charge is 0.440 e. The molecule has 2 fully saturated rings. The Morgan fingerprint density at radius 3 is 2.42 bits per heavy atom. The van der Waals surface area contributed by atoms with Crippen LogP contribution in [-0.4, -0.2) is 44.3 Å². The molecule has 4 heterocycles. The standard InChI is InChI=1S/C32H32N2O3S/c35-27-20-29(34-16-18-36-19-17-34)37-31-23(9-7-10-25(27)31)24-13-12-22(21-33-14-5-1-2-6-15-33)30-26-8-3-4-11-28(26)38-32(24)30/h3-4,7-13,20H,1-2,5-6,14-19,21H2. The second-order valence-corrected chi connectivity index (χ2v) is 11.5. The molecule has 0 unspecified atom stereocenters. The van der Waals surface area contributed by atoms with Crippen molar-refractivity contribution in [2.75, 3.05) is 44.3 Å². The van der Waals surface area contributed by atoms with Gasteiger partial charge in [0.05, 0.1) is 18.6 Å². The minimum atomic E-state index is -0.0000369. The Bertz CT molecular complexity index is 1670. The van der Waals surface area contributed by atoms with Crippen LogP contribution in [0.1, 0.15) is 31.2 Å². The van der Waals surface area contributed by atoms with Crippen molar-refractivity contribution in [3.05, 3.63) is 76.5 Å². The Hall–Kier alpha value is -3.19. The van der Waals surface area contributed by atoms with E-state index < -0.39 is 0 Å². The normalized spacial score (nSPS) is 17.4. The first kappa shape index (κ1) is 23.9. The predicted molar refractivity (Wildman–Crippen MR) is 158 cm³/mol. The molecular weight excluding hydrogens is 492 g/mol. The molecule has 194 valence electrons. The van der Waals surface area contributed by atoms with Gasteiger partial charge in [0.15, 0.2) is 11.3 Å². The summed E-state index contributed by atoms with van der Waals surface area (Å²) in [6, 6.07) is 20.9. The lowest BCUT2D eigenvalue weighted by Crippen LogP contribution is -2.36. The van der Waals surface area contributed by atoms with Crippen LogP contribution >= 0.6 is 11.3 Å². The minimum Gasteiger partial charge on any atom is -0.440 e. The van der Waals surface area contributed by atoms with Crippen molar-refractivity contribution in [1.82, 2.24) is 4.90 Å². The Kier molecular flexibility index (Phi) is 6.40. The lowest BCUT2D eigenvalue weighted by Gasteiger charge is -2.27. The van der Waals surface area contributed by atoms with Crippen molar-refractivity contribution in [1.29, 1.82) is 0 Å². The molecule has 2 aliphatic rings. The first-order chi connectivity index (χ1) is 18.8. The van der Waals surface area contributed by atoms with Gasteiger partial charge in [0.1, 0.15) is 5.58 Å². The van der Waals surface area contributed by atoms with Crippen LogP contribution in [0.3, 0.4) is 0 Å². The molecule has 5 aromatic rings. The number of ether oxygens (including phenoxy) is 1. The van der Waals surface area contributed by atoms with Gasteiger partial charge in [0.2, 0.25) is 0 Å². The van der Waals surface area contributed by atoms with Crippen LogP contribution < -0.4 is 10.3 Å². The molecule has 0 bridgehead atoms. The Morgan fingerprint density at radius 1 is 0.789 bits per heavy atom. The van der Waals surface area contributed by atoms with Crippen molar-refractivity contribution in [3.8, 4) is 11.1 Å². The number of rotatable bonds is 4. The molecule has 0 atom stereocenters. The number of anilines is 1. The van der Waals surface area contributed by atoms with E-state index in [1.165, 1.54) is 64.5 Å². The molecule has 0 radical (unpaired) electrons. The van der Waals surface area contributed by atoms with Gasteiger partial charge in [-0.2, -0.15) is 0 Å². The molecule has 2 saturated heterocycles. The van der Waals surface area contributed by atoms with Crippen molar-refractivity contribution in [2.45, 2.75) is 32.2 Å². The summed E-state index contributed by atoms with van der Waals surface area (Å²) in [6.45, 7) is 6.05. The third kappa shape index (κ3) is 4.31. The number of hydrogen-bond donors (Lipinski definition) is 0. The monoisotopic (exact) mass is 524 g/mol. The van der Waals surface area contributed by atoms with Crippen LogP contribution in [0.2, 0.25) is 0 Å². The van der Waals surface area contributed by atoms with Crippen molar-refractivity contribution < 1.29 is 9.15 Å². The molecule has 5 nitrogen and oxygen atoms in total. The number of hydrogen-bond acceptors (Lipinski definition) is 6. The van der Waals surface area contributed by atoms with Gasteiger partial charge in [0.25, 0.3) is 0 Å². The highest BCUT2D eigenvalue weighted by molar-refractivity contribution is 7.26. The molecule has 0 N–H and O–H groups in total. The van der Waals surface area contributed by atoms with E-state index in [1.54, 1.807) is 6.07 Å². The van der Waals surface area contributed by atoms with E-state index in [2.05, 4.69) is 52.3 Å². The quantitative estimate of drug-likeness (QED) is 0.252. The summed E-state index contributed by atoms with van der Waals surface area (Å²) in [4.78, 5) is 17.9. The van der Waals surface area contributed by atoms with Crippen LogP contribution in [0.5, 0.6) is 0 Å². The van der Waals surface area contributed by atoms with Crippen LogP contribution in [0.4, 0.5) is 5.88 Å². The highest BCUT2D eigenvalue weighted by atomic mass is 32.1. The van der Waals surface area contributed by atoms with Gasteiger partial charge >= 0.3 is 0 Å². The number of para-hydroxylation sites is 1. The van der Waals surface area contributed by atoms with Gasteiger partial charge in [0, 0.05) is 57.0 Å². The van der Waals surface area contributed by atoms with E-state index in [4.69, 9.17) is 9.15 Å². The Labute approximate surface area is 226 Å². The summed E-state index contributed by atoms with van der Waals surface area (Å²) in [5, 5.41) is 3.29. The number of morpholine rings is 1. The second kappa shape index (κ2) is 10.2. The molecule has 38 heavy (non-hydrogen) atoms. The molecular formula is C32H32N2O3S. The van der Waals surface area contributed by atoms with Gasteiger partial charge in [-0.15, -0.1) is 11.3 Å². The topological polar surface area (TPSA) is 45.9 Å². The molecule has 2 aliphatic heterocycles. The average Bonchev–Trinajstić information content (AvgIpc) is 3.16. The Morgan fingerprint density at radius 2 is 1.58 bits per heavy atom. The maximum absolute atomic E-state index is 13.2. The average molecular weight is 525 g/mol. The minimum absolute atomic E-state index is 0.0000369. The number of thiophene rings is 1. The van der Waals surface area contributed by atoms with E-state index in [0.717, 1.165) is 30.8 Å². The molecule has 0 aliphatic carbocycles. The molecule has 0 spiro atoms. The highest BCUT2D eigenvalue weighted by Gasteiger charge is 2.21. The fourth-order valence-electron chi connectivity index (χ4n) is 6.09. The van der Waals surface area contributed by atoms with Gasteiger partial charge in [-0.1, -0.05) is 55.3 Å². The molecule has 2 aromatic heterocycles. The second-order valence-electron chi connectivity index (χ2n) is 10.5. The summed E-state index contributed by atoms with van der Waals surface area (Å²) >= 11 is 1.84. The van der Waals surface area contributed by atoms with Gasteiger partial charge < -0.3 is 14.1 Å². The predicted octanol–water partition coefficient (Wildman–Crippen LogP) is 7.04. The smallest absolute Gasteiger partial charge is 0.200 e. The van der Waals surface area contributed by atoms with Gasteiger partial charge in [-0.05, 0) is 43.6 Å². The number of fused-ring (bicyclic) bond motifs is 4. The summed E-state index contributed by atoms with van der Waals surface area (Å²) in [5.74, 6) is 0.628. The first-order valence-corrected chi connectivity index (χ1v) is 14.6. The number of likely N-dealkylation sites (tertiary alicyclic amines) is 1. The van der Waals surface area contributed by atoms with Crippen molar-refractivity contribution in [3.63, 3.8) is 0 Å². The van der Waals surface area contributed by atoms with Gasteiger partial charge in [-0.25, -0.2) is 0 Å². The van der Waals surface area contributed by atoms with Crippen LogP contribution in [0, 0.1) is 0 Å². The van der Waals surface area contributed by atoms with E-state index in [0.29, 0.717) is 30.1 Å². The summed E-state index contributed by atoms with van der Waals surface area (Å²) in [5.41, 5.74) is 4.17. The van der Waals surface area contributed by atoms with E-state index >= 15 is 0 Å². The summed E-state index contributed by atoms with van der Waals surface area (Å²) in [6.07, 6.45) is 5.24. The zero-order valence-electron chi connectivity index (χ0n) is 21.6. The van der Waals surface area contributed by atoms with E-state index in [1.807, 2.05) is 23.5 Å². The summed E-state index contributed by atoms with van der Waals surface area (Å²) in [7, 11) is 0. The van der Waals surface area contributed by atoms with E-state index in [9.17, 15) is 4.79 Å². The third-order valence-electron chi connectivity index (χ3n) is 8.06.